The molecule has 6 heteroatoms. The molecule has 0 fully saturated rings. The molecular formula is C10H9ClFN3O. The molecule has 0 heterocycles. The minimum absolute atomic E-state index is 0.454. The number of guanidine groups is 1. The van der Waals surface area contributed by atoms with Crippen LogP contribution in [-0.4, -0.2) is 11.9 Å². The number of nitrogens with zero attached hydrogens (tertiary/aromatic N) is 1. The predicted molar refractivity (Wildman–Crippen MR) is 61.2 cm³/mol. The van der Waals surface area contributed by atoms with Crippen LogP contribution in [-0.2, 0) is 4.79 Å². The lowest BCUT2D eigenvalue weighted by molar-refractivity contribution is -0.115. The molecule has 0 aromatic heterocycles. The molecule has 0 saturated carbocycles. The van der Waals surface area contributed by atoms with Crippen molar-refractivity contribution in [3.8, 4) is 0 Å². The third-order valence-electron chi connectivity index (χ3n) is 1.64. The molecule has 0 aliphatic heterocycles. The van der Waals surface area contributed by atoms with Gasteiger partial charge < -0.3 is 0 Å². The van der Waals surface area contributed by atoms with Crippen LogP contribution in [0, 0.1) is 0 Å². The first kappa shape index (κ1) is 12.2. The summed E-state index contributed by atoms with van der Waals surface area (Å²) in [5.41, 5.74) is 0.857. The van der Waals surface area contributed by atoms with E-state index in [-0.39, 0.29) is 0 Å². The van der Waals surface area contributed by atoms with Gasteiger partial charge in [0.05, 0.1) is 0 Å². The number of benzene rings is 1. The number of amides is 1. The van der Waals surface area contributed by atoms with E-state index in [1.54, 1.807) is 6.08 Å². The van der Waals surface area contributed by atoms with Crippen LogP contribution < -0.4 is 10.2 Å². The van der Waals surface area contributed by atoms with Gasteiger partial charge >= 0.3 is 0 Å². The van der Waals surface area contributed by atoms with Crippen LogP contribution in [0.5, 0.6) is 0 Å². The maximum absolute atomic E-state index is 11.8. The van der Waals surface area contributed by atoms with Crippen molar-refractivity contribution in [3.05, 3.63) is 42.0 Å². The Balaban J connectivity index is 2.55. The van der Waals surface area contributed by atoms with Crippen LogP contribution in [0.1, 0.15) is 5.56 Å². The first-order valence-corrected chi connectivity index (χ1v) is 4.74. The summed E-state index contributed by atoms with van der Waals surface area (Å²) in [5, 5.41) is 4.30. The van der Waals surface area contributed by atoms with Crippen LogP contribution in [0.2, 0.25) is 0 Å². The van der Waals surface area contributed by atoms with E-state index in [1.807, 2.05) is 35.2 Å². The molecule has 1 aromatic rings. The molecule has 1 amide bonds. The SMILES string of the molecule is O=C(C=Cc1ccccc1)NC(=NF)NCl. The fraction of sp³-hybridized carbons (Fsp3) is 0. The van der Waals surface area contributed by atoms with E-state index >= 15 is 0 Å². The third-order valence-corrected chi connectivity index (χ3v) is 1.82. The summed E-state index contributed by atoms with van der Waals surface area (Å²) in [7, 11) is 0. The number of nitrogens with one attached hydrogen (secondary N) is 2. The summed E-state index contributed by atoms with van der Waals surface area (Å²) < 4.78 is 11.8. The summed E-state index contributed by atoms with van der Waals surface area (Å²) >= 11 is 5.07. The second-order valence-corrected chi connectivity index (χ2v) is 2.95. The van der Waals surface area contributed by atoms with Gasteiger partial charge in [-0.25, -0.2) is 0 Å². The predicted octanol–water partition coefficient (Wildman–Crippen LogP) is 1.80. The maximum atomic E-state index is 11.8. The van der Waals surface area contributed by atoms with E-state index in [0.29, 0.717) is 0 Å². The molecule has 0 radical (unpaired) electrons. The van der Waals surface area contributed by atoms with E-state index in [4.69, 9.17) is 11.8 Å². The summed E-state index contributed by atoms with van der Waals surface area (Å²) in [4.78, 5) is 13.1. The molecule has 2 N–H and O–H groups in total. The second kappa shape index (κ2) is 6.58. The topological polar surface area (TPSA) is 53.5 Å². The zero-order chi connectivity index (χ0) is 11.8. The van der Waals surface area contributed by atoms with E-state index in [9.17, 15) is 9.28 Å². The molecular weight excluding hydrogens is 233 g/mol. The lowest BCUT2D eigenvalue weighted by Gasteiger charge is -1.99. The Kier molecular flexibility index (Phi) is 5.01. The second-order valence-electron chi connectivity index (χ2n) is 2.76. The Morgan fingerprint density at radius 2 is 2.06 bits per heavy atom. The number of halogens is 2. The zero-order valence-corrected chi connectivity index (χ0v) is 8.91. The van der Waals surface area contributed by atoms with Gasteiger partial charge in [-0.05, 0) is 16.9 Å². The molecule has 1 rings (SSSR count). The highest BCUT2D eigenvalue weighted by molar-refractivity contribution is 6.23. The molecule has 0 saturated heterocycles. The molecule has 0 aliphatic carbocycles. The van der Waals surface area contributed by atoms with Crippen molar-refractivity contribution in [2.75, 3.05) is 0 Å². The van der Waals surface area contributed by atoms with Crippen molar-refractivity contribution < 1.29 is 9.28 Å². The van der Waals surface area contributed by atoms with Crippen molar-refractivity contribution >= 4 is 29.7 Å². The van der Waals surface area contributed by atoms with Gasteiger partial charge in [0.1, 0.15) is 0 Å². The Hall–Kier alpha value is -1.88. The van der Waals surface area contributed by atoms with Crippen LogP contribution >= 0.6 is 11.8 Å². The minimum Gasteiger partial charge on any atom is -0.290 e. The van der Waals surface area contributed by atoms with Crippen LogP contribution in [0.15, 0.2) is 41.6 Å². The lowest BCUT2D eigenvalue weighted by atomic mass is 10.2. The molecule has 0 aliphatic rings. The van der Waals surface area contributed by atoms with E-state index < -0.39 is 11.9 Å². The minimum atomic E-state index is -0.534. The average molecular weight is 242 g/mol. The number of rotatable bonds is 2. The quantitative estimate of drug-likeness (QED) is 0.359. The largest absolute Gasteiger partial charge is 0.290 e. The van der Waals surface area contributed by atoms with E-state index in [1.165, 1.54) is 6.08 Å². The maximum Gasteiger partial charge on any atom is 0.250 e. The first-order valence-electron chi connectivity index (χ1n) is 4.36. The number of carbonyl (C=O) groups excluding carboxylic acids is 1. The summed E-state index contributed by atoms with van der Waals surface area (Å²) in [6.07, 6.45) is 2.83. The monoisotopic (exact) mass is 241 g/mol. The fourth-order valence-corrected chi connectivity index (χ4v) is 1.03. The molecule has 0 atom stereocenters. The van der Waals surface area contributed by atoms with Gasteiger partial charge in [-0.3, -0.25) is 14.9 Å². The van der Waals surface area contributed by atoms with E-state index in [2.05, 4.69) is 10.5 Å². The molecule has 84 valence electrons. The van der Waals surface area contributed by atoms with Gasteiger partial charge in [0, 0.05) is 17.9 Å². The highest BCUT2D eigenvalue weighted by atomic mass is 35.5. The normalized spacial score (nSPS) is 11.5. The van der Waals surface area contributed by atoms with Crippen LogP contribution in [0.4, 0.5) is 4.48 Å². The Morgan fingerprint density at radius 1 is 1.38 bits per heavy atom. The van der Waals surface area contributed by atoms with Crippen molar-refractivity contribution in [3.63, 3.8) is 0 Å². The van der Waals surface area contributed by atoms with Crippen molar-refractivity contribution in [1.82, 2.24) is 10.2 Å². The molecule has 0 unspecified atom stereocenters. The highest BCUT2D eigenvalue weighted by Crippen LogP contribution is 2.00. The van der Waals surface area contributed by atoms with Gasteiger partial charge in [-0.2, -0.15) is 0 Å². The Morgan fingerprint density at radius 3 is 2.62 bits per heavy atom. The number of carbonyl (C=O) groups is 1. The zero-order valence-electron chi connectivity index (χ0n) is 8.15. The lowest BCUT2D eigenvalue weighted by Crippen LogP contribution is -2.35. The van der Waals surface area contributed by atoms with Gasteiger partial charge in [0.25, 0.3) is 5.91 Å². The molecule has 1 aromatic carbocycles. The molecule has 16 heavy (non-hydrogen) atoms. The number of hydrogen-bond acceptors (Lipinski definition) is 2. The summed E-state index contributed by atoms with van der Waals surface area (Å²) in [6, 6.07) is 9.20. The van der Waals surface area contributed by atoms with Gasteiger partial charge in [0.2, 0.25) is 5.96 Å². The van der Waals surface area contributed by atoms with Crippen LogP contribution in [0.3, 0.4) is 0 Å². The van der Waals surface area contributed by atoms with Crippen molar-refractivity contribution in [1.29, 1.82) is 0 Å². The summed E-state index contributed by atoms with van der Waals surface area (Å²) in [5.74, 6) is -0.988. The Bertz CT molecular complexity index is 406. The van der Waals surface area contributed by atoms with E-state index in [0.717, 1.165) is 5.56 Å². The highest BCUT2D eigenvalue weighted by Gasteiger charge is 2.00. The van der Waals surface area contributed by atoms with Gasteiger partial charge in [-0.1, -0.05) is 34.8 Å². The third kappa shape index (κ3) is 4.10. The smallest absolute Gasteiger partial charge is 0.250 e. The molecule has 4 nitrogen and oxygen atoms in total. The van der Waals surface area contributed by atoms with Gasteiger partial charge in [-0.15, -0.1) is 0 Å². The summed E-state index contributed by atoms with van der Waals surface area (Å²) in [6.45, 7) is 0. The first-order chi connectivity index (χ1) is 7.76. The molecule has 0 spiro atoms. The van der Waals surface area contributed by atoms with Crippen molar-refractivity contribution in [2.24, 2.45) is 5.21 Å². The standard InChI is InChI=1S/C10H9ClFN3O/c11-14-10(15-12)13-9(16)7-6-8-4-2-1-3-5-8/h1-7H,(H2,13,14,15,16). The van der Waals surface area contributed by atoms with Gasteiger partial charge in [0.15, 0.2) is 0 Å². The number of hydrogen-bond donors (Lipinski definition) is 2. The van der Waals surface area contributed by atoms with Crippen LogP contribution in [0.25, 0.3) is 6.08 Å². The fourth-order valence-electron chi connectivity index (χ4n) is 0.955. The Labute approximate surface area is 96.9 Å². The molecule has 0 bridgehead atoms. The van der Waals surface area contributed by atoms with Crippen molar-refractivity contribution in [2.45, 2.75) is 0 Å². The average Bonchev–Trinajstić information content (AvgIpc) is 2.34.